The summed E-state index contributed by atoms with van der Waals surface area (Å²) in [6.07, 6.45) is 1.38. The van der Waals surface area contributed by atoms with Gasteiger partial charge in [-0.05, 0) is 47.5 Å². The second-order valence-corrected chi connectivity index (χ2v) is 7.07. The molecule has 0 unspecified atom stereocenters. The van der Waals surface area contributed by atoms with E-state index in [-0.39, 0.29) is 18.4 Å². The highest BCUT2D eigenvalue weighted by atomic mass is 35.5. The van der Waals surface area contributed by atoms with Gasteiger partial charge in [-0.25, -0.2) is 0 Å². The number of ether oxygens (including phenoxy) is 1. The summed E-state index contributed by atoms with van der Waals surface area (Å²) >= 11 is 6.21. The Hall–Kier alpha value is -3.05. The maximum atomic E-state index is 12.3. The molecule has 142 valence electrons. The number of amides is 2. The van der Waals surface area contributed by atoms with Gasteiger partial charge in [-0.1, -0.05) is 41.9 Å². The molecule has 28 heavy (non-hydrogen) atoms. The molecule has 1 aliphatic rings. The van der Waals surface area contributed by atoms with Gasteiger partial charge in [0.15, 0.2) is 6.61 Å². The molecule has 0 bridgehead atoms. The molecule has 4 rings (SSSR count). The first-order valence-corrected chi connectivity index (χ1v) is 9.49. The molecule has 3 aromatic rings. The van der Waals surface area contributed by atoms with Crippen molar-refractivity contribution < 1.29 is 14.3 Å². The molecule has 0 aliphatic carbocycles. The smallest absolute Gasteiger partial charge is 0.262 e. The topological polar surface area (TPSA) is 58.6 Å². The number of hydrogen-bond acceptors (Lipinski definition) is 3. The van der Waals surface area contributed by atoms with E-state index in [0.717, 1.165) is 22.9 Å². The minimum absolute atomic E-state index is 0.0826. The van der Waals surface area contributed by atoms with E-state index in [1.54, 1.807) is 23.1 Å². The van der Waals surface area contributed by atoms with Crippen LogP contribution in [0.4, 0.5) is 11.4 Å². The second-order valence-electron chi connectivity index (χ2n) is 6.66. The maximum absolute atomic E-state index is 12.3. The highest BCUT2D eigenvalue weighted by molar-refractivity contribution is 6.33. The Morgan fingerprint density at radius 2 is 1.89 bits per heavy atom. The lowest BCUT2D eigenvalue weighted by Gasteiger charge is -2.17. The zero-order valence-electron chi connectivity index (χ0n) is 15.2. The molecule has 1 N–H and O–H groups in total. The molecule has 1 saturated heterocycles. The Morgan fingerprint density at radius 3 is 2.68 bits per heavy atom. The van der Waals surface area contributed by atoms with Crippen LogP contribution in [0.3, 0.4) is 0 Å². The van der Waals surface area contributed by atoms with E-state index in [0.29, 0.717) is 29.4 Å². The van der Waals surface area contributed by atoms with Gasteiger partial charge in [0.2, 0.25) is 5.91 Å². The van der Waals surface area contributed by atoms with E-state index >= 15 is 0 Å². The molecule has 6 heteroatoms. The first-order valence-electron chi connectivity index (χ1n) is 9.11. The largest absolute Gasteiger partial charge is 0.484 e. The van der Waals surface area contributed by atoms with Crippen molar-refractivity contribution in [2.75, 3.05) is 23.4 Å². The van der Waals surface area contributed by atoms with E-state index in [1.165, 1.54) is 0 Å². The Morgan fingerprint density at radius 1 is 1.07 bits per heavy atom. The van der Waals surface area contributed by atoms with E-state index < -0.39 is 0 Å². The van der Waals surface area contributed by atoms with Crippen molar-refractivity contribution in [1.29, 1.82) is 0 Å². The summed E-state index contributed by atoms with van der Waals surface area (Å²) in [4.78, 5) is 26.0. The molecule has 0 saturated carbocycles. The monoisotopic (exact) mass is 394 g/mol. The number of anilines is 2. The summed E-state index contributed by atoms with van der Waals surface area (Å²) in [6, 6.07) is 18.8. The second kappa shape index (κ2) is 7.90. The third kappa shape index (κ3) is 3.94. The maximum Gasteiger partial charge on any atom is 0.262 e. The number of nitrogens with zero attached hydrogens (tertiary/aromatic N) is 1. The van der Waals surface area contributed by atoms with Gasteiger partial charge in [0.05, 0.1) is 10.7 Å². The standard InChI is InChI=1S/C22H19ClN2O3/c23-19-10-8-17(25-11-3-6-22(25)27)13-20(19)24-21(26)14-28-18-9-7-15-4-1-2-5-16(15)12-18/h1-2,4-5,7-10,12-13H,3,6,11,14H2,(H,24,26). The van der Waals surface area contributed by atoms with Crippen molar-refractivity contribution >= 4 is 45.6 Å². The third-order valence-corrected chi connectivity index (χ3v) is 5.03. The van der Waals surface area contributed by atoms with Crippen molar-refractivity contribution in [3.63, 3.8) is 0 Å². The van der Waals surface area contributed by atoms with Gasteiger partial charge in [-0.3, -0.25) is 9.59 Å². The molecule has 1 fully saturated rings. The summed E-state index contributed by atoms with van der Waals surface area (Å²) in [5.41, 5.74) is 1.20. The highest BCUT2D eigenvalue weighted by Crippen LogP contribution is 2.30. The zero-order valence-corrected chi connectivity index (χ0v) is 15.9. The predicted octanol–water partition coefficient (Wildman–Crippen LogP) is 4.64. The van der Waals surface area contributed by atoms with Crippen LogP contribution in [-0.2, 0) is 9.59 Å². The lowest BCUT2D eigenvalue weighted by atomic mass is 10.1. The van der Waals surface area contributed by atoms with Crippen molar-refractivity contribution in [1.82, 2.24) is 0 Å². The quantitative estimate of drug-likeness (QED) is 0.686. The van der Waals surface area contributed by atoms with Crippen LogP contribution in [0.15, 0.2) is 60.7 Å². The first-order chi connectivity index (χ1) is 13.6. The number of nitrogens with one attached hydrogen (secondary N) is 1. The van der Waals surface area contributed by atoms with Gasteiger partial charge in [-0.2, -0.15) is 0 Å². The van der Waals surface area contributed by atoms with Crippen LogP contribution in [0.5, 0.6) is 5.75 Å². The van der Waals surface area contributed by atoms with Gasteiger partial charge in [-0.15, -0.1) is 0 Å². The van der Waals surface area contributed by atoms with Crippen molar-refractivity contribution in [3.8, 4) is 5.75 Å². The highest BCUT2D eigenvalue weighted by Gasteiger charge is 2.22. The number of carbonyl (C=O) groups is 2. The average molecular weight is 395 g/mol. The molecular weight excluding hydrogens is 376 g/mol. The van der Waals surface area contributed by atoms with E-state index in [2.05, 4.69) is 5.32 Å². The number of fused-ring (bicyclic) bond motifs is 1. The first kappa shape index (κ1) is 18.3. The molecule has 5 nitrogen and oxygen atoms in total. The summed E-state index contributed by atoms with van der Waals surface area (Å²) in [6.45, 7) is 0.542. The Bertz CT molecular complexity index is 1050. The fraction of sp³-hybridized carbons (Fsp3) is 0.182. The zero-order chi connectivity index (χ0) is 19.5. The van der Waals surface area contributed by atoms with E-state index in [4.69, 9.17) is 16.3 Å². The van der Waals surface area contributed by atoms with Crippen LogP contribution in [0.2, 0.25) is 5.02 Å². The van der Waals surface area contributed by atoms with Gasteiger partial charge in [0.1, 0.15) is 5.75 Å². The van der Waals surface area contributed by atoms with Crippen LogP contribution in [0, 0.1) is 0 Å². The molecule has 0 spiro atoms. The lowest BCUT2D eigenvalue weighted by molar-refractivity contribution is -0.118. The number of carbonyl (C=O) groups excluding carboxylic acids is 2. The SMILES string of the molecule is O=C(COc1ccc2ccccc2c1)Nc1cc(N2CCCC2=O)ccc1Cl. The summed E-state index contributed by atoms with van der Waals surface area (Å²) in [7, 11) is 0. The molecule has 1 aliphatic heterocycles. The van der Waals surface area contributed by atoms with Crippen molar-refractivity contribution in [2.45, 2.75) is 12.8 Å². The van der Waals surface area contributed by atoms with E-state index in [1.807, 2.05) is 42.5 Å². The summed E-state index contributed by atoms with van der Waals surface area (Å²) in [5.74, 6) is 0.385. The van der Waals surface area contributed by atoms with Crippen LogP contribution in [0.25, 0.3) is 10.8 Å². The molecule has 2 amide bonds. The molecule has 0 aromatic heterocycles. The summed E-state index contributed by atoms with van der Waals surface area (Å²) in [5, 5.41) is 5.33. The number of hydrogen-bond donors (Lipinski definition) is 1. The normalized spacial score (nSPS) is 13.8. The fourth-order valence-corrected chi connectivity index (χ4v) is 3.46. The number of halogens is 1. The van der Waals surface area contributed by atoms with Gasteiger partial charge < -0.3 is 15.0 Å². The number of benzene rings is 3. The van der Waals surface area contributed by atoms with Crippen molar-refractivity contribution in [3.05, 3.63) is 65.7 Å². The Labute approximate surface area is 167 Å². The molecule has 0 atom stereocenters. The van der Waals surface area contributed by atoms with Crippen LogP contribution < -0.4 is 15.0 Å². The van der Waals surface area contributed by atoms with Crippen LogP contribution >= 0.6 is 11.6 Å². The van der Waals surface area contributed by atoms with Crippen LogP contribution in [0.1, 0.15) is 12.8 Å². The van der Waals surface area contributed by atoms with E-state index in [9.17, 15) is 9.59 Å². The number of rotatable bonds is 5. The molecular formula is C22H19ClN2O3. The third-order valence-electron chi connectivity index (χ3n) is 4.70. The minimum atomic E-state index is -0.319. The average Bonchev–Trinajstić information content (AvgIpc) is 3.14. The van der Waals surface area contributed by atoms with Gasteiger partial charge in [0.25, 0.3) is 5.91 Å². The summed E-state index contributed by atoms with van der Waals surface area (Å²) < 4.78 is 5.62. The fourth-order valence-electron chi connectivity index (χ4n) is 3.29. The molecule has 0 radical (unpaired) electrons. The molecule has 3 aromatic carbocycles. The predicted molar refractivity (Wildman–Crippen MR) is 111 cm³/mol. The molecule has 1 heterocycles. The van der Waals surface area contributed by atoms with Crippen molar-refractivity contribution in [2.24, 2.45) is 0 Å². The Balaban J connectivity index is 1.42. The van der Waals surface area contributed by atoms with Gasteiger partial charge >= 0.3 is 0 Å². The van der Waals surface area contributed by atoms with Crippen LogP contribution in [-0.4, -0.2) is 25.0 Å². The minimum Gasteiger partial charge on any atom is -0.484 e. The lowest BCUT2D eigenvalue weighted by Crippen LogP contribution is -2.24. The Kier molecular flexibility index (Phi) is 5.17. The van der Waals surface area contributed by atoms with Gasteiger partial charge in [0, 0.05) is 18.7 Å².